The third-order valence-electron chi connectivity index (χ3n) is 3.56. The minimum absolute atomic E-state index is 0.0716. The molecular formula is C14H19F2NOS. The van der Waals surface area contributed by atoms with Gasteiger partial charge in [0, 0.05) is 10.6 Å². The van der Waals surface area contributed by atoms with Gasteiger partial charge in [-0.2, -0.15) is 0 Å². The van der Waals surface area contributed by atoms with E-state index < -0.39 is 11.6 Å². The fraction of sp³-hybridized carbons (Fsp3) is 0.571. The molecule has 1 saturated carbocycles. The number of rotatable bonds is 7. The number of aliphatic hydroxyl groups is 1. The molecule has 0 aliphatic heterocycles. The first-order valence-electron chi connectivity index (χ1n) is 6.55. The molecule has 0 amide bonds. The van der Waals surface area contributed by atoms with Crippen molar-refractivity contribution >= 4 is 11.8 Å². The Morgan fingerprint density at radius 1 is 1.37 bits per heavy atom. The summed E-state index contributed by atoms with van der Waals surface area (Å²) < 4.78 is 26.0. The van der Waals surface area contributed by atoms with E-state index in [4.69, 9.17) is 0 Å². The Bertz CT molecular complexity index is 439. The second-order valence-corrected chi connectivity index (χ2v) is 6.03. The Labute approximate surface area is 116 Å². The molecule has 0 saturated heterocycles. The molecule has 1 fully saturated rings. The minimum Gasteiger partial charge on any atom is -0.394 e. The van der Waals surface area contributed by atoms with Gasteiger partial charge in [0.2, 0.25) is 0 Å². The zero-order valence-corrected chi connectivity index (χ0v) is 11.8. The smallest absolute Gasteiger partial charge is 0.159 e. The molecule has 0 spiro atoms. The molecule has 1 atom stereocenters. The molecule has 0 aromatic heterocycles. The summed E-state index contributed by atoms with van der Waals surface area (Å²) >= 11 is 1.45. The van der Waals surface area contributed by atoms with Gasteiger partial charge in [-0.15, -0.1) is 11.8 Å². The molecule has 106 valence electrons. The highest BCUT2D eigenvalue weighted by Crippen LogP contribution is 2.42. The Morgan fingerprint density at radius 2 is 2.11 bits per heavy atom. The van der Waals surface area contributed by atoms with E-state index >= 15 is 0 Å². The Morgan fingerprint density at radius 3 is 2.63 bits per heavy atom. The lowest BCUT2D eigenvalue weighted by Gasteiger charge is -2.33. The molecule has 1 aromatic rings. The SMILES string of the molecule is CCNC(CO)(CSc1ccc(F)c(F)c1)C1CC1. The average molecular weight is 287 g/mol. The number of hydrogen-bond acceptors (Lipinski definition) is 3. The van der Waals surface area contributed by atoms with E-state index in [1.54, 1.807) is 6.07 Å². The first-order chi connectivity index (χ1) is 9.11. The summed E-state index contributed by atoms with van der Waals surface area (Å²) in [5.41, 5.74) is -0.301. The first-order valence-corrected chi connectivity index (χ1v) is 7.53. The van der Waals surface area contributed by atoms with Gasteiger partial charge in [0.15, 0.2) is 11.6 Å². The van der Waals surface area contributed by atoms with Crippen LogP contribution in [0.5, 0.6) is 0 Å². The standard InChI is InChI=1S/C14H19F2NOS/c1-2-17-14(8-18,10-3-4-10)9-19-11-5-6-12(15)13(16)7-11/h5-7,10,17-18H,2-4,8-9H2,1H3. The monoisotopic (exact) mass is 287 g/mol. The Hall–Kier alpha value is -0.650. The maximum atomic E-state index is 13.1. The highest BCUT2D eigenvalue weighted by molar-refractivity contribution is 7.99. The molecule has 2 nitrogen and oxygen atoms in total. The third-order valence-corrected chi connectivity index (χ3v) is 4.80. The van der Waals surface area contributed by atoms with Crippen molar-refractivity contribution in [3.8, 4) is 0 Å². The fourth-order valence-corrected chi connectivity index (χ4v) is 3.51. The normalized spacial score (nSPS) is 18.3. The summed E-state index contributed by atoms with van der Waals surface area (Å²) in [5, 5.41) is 13.1. The van der Waals surface area contributed by atoms with Gasteiger partial charge in [-0.25, -0.2) is 8.78 Å². The van der Waals surface area contributed by atoms with E-state index in [0.717, 1.165) is 25.5 Å². The summed E-state index contributed by atoms with van der Waals surface area (Å²) in [5.74, 6) is -0.510. The molecule has 5 heteroatoms. The summed E-state index contributed by atoms with van der Waals surface area (Å²) in [6, 6.07) is 3.92. The van der Waals surface area contributed by atoms with Crippen LogP contribution in [0.25, 0.3) is 0 Å². The van der Waals surface area contributed by atoms with Crippen molar-refractivity contribution in [3.63, 3.8) is 0 Å². The van der Waals surface area contributed by atoms with Crippen molar-refractivity contribution in [3.05, 3.63) is 29.8 Å². The lowest BCUT2D eigenvalue weighted by Crippen LogP contribution is -2.52. The van der Waals surface area contributed by atoms with Crippen LogP contribution in [0.15, 0.2) is 23.1 Å². The topological polar surface area (TPSA) is 32.3 Å². The lowest BCUT2D eigenvalue weighted by molar-refractivity contribution is 0.161. The number of halogens is 2. The molecule has 2 N–H and O–H groups in total. The van der Waals surface area contributed by atoms with Gasteiger partial charge in [0.25, 0.3) is 0 Å². The average Bonchev–Trinajstić information content (AvgIpc) is 3.23. The van der Waals surface area contributed by atoms with Gasteiger partial charge in [0.1, 0.15) is 0 Å². The molecular weight excluding hydrogens is 268 g/mol. The van der Waals surface area contributed by atoms with Gasteiger partial charge in [-0.05, 0) is 43.5 Å². The second-order valence-electron chi connectivity index (χ2n) is 4.98. The van der Waals surface area contributed by atoms with Crippen molar-refractivity contribution in [1.82, 2.24) is 5.32 Å². The van der Waals surface area contributed by atoms with Gasteiger partial charge in [-0.3, -0.25) is 0 Å². The largest absolute Gasteiger partial charge is 0.394 e. The van der Waals surface area contributed by atoms with Crippen LogP contribution in [0.2, 0.25) is 0 Å². The van der Waals surface area contributed by atoms with E-state index in [1.807, 2.05) is 6.92 Å². The van der Waals surface area contributed by atoms with Crippen LogP contribution < -0.4 is 5.32 Å². The summed E-state index contributed by atoms with van der Waals surface area (Å²) in [6.45, 7) is 2.87. The van der Waals surface area contributed by atoms with Gasteiger partial charge >= 0.3 is 0 Å². The van der Waals surface area contributed by atoms with Crippen LogP contribution in [0.1, 0.15) is 19.8 Å². The van der Waals surface area contributed by atoms with E-state index in [0.29, 0.717) is 16.6 Å². The number of hydrogen-bond donors (Lipinski definition) is 2. The second kappa shape index (κ2) is 6.20. The van der Waals surface area contributed by atoms with Crippen LogP contribution in [0, 0.1) is 17.6 Å². The summed E-state index contributed by atoms with van der Waals surface area (Å²) in [6.07, 6.45) is 2.23. The van der Waals surface area contributed by atoms with Crippen LogP contribution in [0.4, 0.5) is 8.78 Å². The minimum atomic E-state index is -0.827. The Balaban J connectivity index is 2.03. The molecule has 1 aromatic carbocycles. The van der Waals surface area contributed by atoms with Crippen LogP contribution >= 0.6 is 11.8 Å². The van der Waals surface area contributed by atoms with Crippen molar-refractivity contribution in [2.75, 3.05) is 18.9 Å². The highest BCUT2D eigenvalue weighted by Gasteiger charge is 2.44. The first kappa shape index (κ1) is 14.8. The van der Waals surface area contributed by atoms with E-state index in [2.05, 4.69) is 5.32 Å². The highest BCUT2D eigenvalue weighted by atomic mass is 32.2. The maximum absolute atomic E-state index is 13.1. The molecule has 19 heavy (non-hydrogen) atoms. The van der Waals surface area contributed by atoms with Crippen molar-refractivity contribution in [2.24, 2.45) is 5.92 Å². The fourth-order valence-electron chi connectivity index (χ4n) is 2.31. The maximum Gasteiger partial charge on any atom is 0.159 e. The number of likely N-dealkylation sites (N-methyl/N-ethyl adjacent to an activating group) is 1. The molecule has 2 rings (SSSR count). The van der Waals surface area contributed by atoms with Gasteiger partial charge in [0.05, 0.1) is 12.1 Å². The van der Waals surface area contributed by atoms with Crippen LogP contribution in [-0.2, 0) is 0 Å². The molecule has 1 unspecified atom stereocenters. The van der Waals surface area contributed by atoms with Crippen LogP contribution in [-0.4, -0.2) is 29.5 Å². The predicted molar refractivity (Wildman–Crippen MR) is 73.3 cm³/mol. The summed E-state index contributed by atoms with van der Waals surface area (Å²) in [7, 11) is 0. The molecule has 0 radical (unpaired) electrons. The predicted octanol–water partition coefficient (Wildman–Crippen LogP) is 2.81. The lowest BCUT2D eigenvalue weighted by atomic mass is 9.97. The number of aliphatic hydroxyl groups excluding tert-OH is 1. The Kier molecular flexibility index (Phi) is 4.81. The zero-order chi connectivity index (χ0) is 13.9. The quantitative estimate of drug-likeness (QED) is 0.756. The van der Waals surface area contributed by atoms with E-state index in [9.17, 15) is 13.9 Å². The third kappa shape index (κ3) is 3.46. The molecule has 0 bridgehead atoms. The number of thioether (sulfide) groups is 1. The van der Waals surface area contributed by atoms with Gasteiger partial charge in [-0.1, -0.05) is 6.92 Å². The molecule has 1 aliphatic rings. The molecule has 1 aliphatic carbocycles. The van der Waals surface area contributed by atoms with Crippen molar-refractivity contribution in [1.29, 1.82) is 0 Å². The van der Waals surface area contributed by atoms with E-state index in [1.165, 1.54) is 17.8 Å². The van der Waals surface area contributed by atoms with Crippen molar-refractivity contribution in [2.45, 2.75) is 30.2 Å². The van der Waals surface area contributed by atoms with E-state index in [-0.39, 0.29) is 12.1 Å². The van der Waals surface area contributed by atoms with Crippen molar-refractivity contribution < 1.29 is 13.9 Å². The van der Waals surface area contributed by atoms with Crippen LogP contribution in [0.3, 0.4) is 0 Å². The zero-order valence-electron chi connectivity index (χ0n) is 11.0. The number of nitrogens with one attached hydrogen (secondary N) is 1. The summed E-state index contributed by atoms with van der Waals surface area (Å²) in [4.78, 5) is 0.690. The van der Waals surface area contributed by atoms with Gasteiger partial charge < -0.3 is 10.4 Å². The molecule has 0 heterocycles. The number of benzene rings is 1.